The van der Waals surface area contributed by atoms with E-state index in [-0.39, 0.29) is 28.0 Å². The van der Waals surface area contributed by atoms with Gasteiger partial charge in [0.1, 0.15) is 11.6 Å². The van der Waals surface area contributed by atoms with Gasteiger partial charge in [-0.15, -0.1) is 11.3 Å². The molecule has 6 nitrogen and oxygen atoms in total. The summed E-state index contributed by atoms with van der Waals surface area (Å²) in [5, 5.41) is 21.6. The highest BCUT2D eigenvalue weighted by molar-refractivity contribution is 7.10. The molecular formula is C20H15Cl2N3O3S. The first-order valence-corrected chi connectivity index (χ1v) is 10.6. The lowest BCUT2D eigenvalue weighted by Gasteiger charge is -2.34. The summed E-state index contributed by atoms with van der Waals surface area (Å²) < 4.78 is 0. The number of hydrogen-bond donors (Lipinski definition) is 4. The highest BCUT2D eigenvalue weighted by atomic mass is 35.5. The number of carbonyl (C=O) groups is 1. The molecule has 0 bridgehead atoms. The maximum absolute atomic E-state index is 13.3. The molecule has 0 fully saturated rings. The molecule has 0 amide bonds. The third-order valence-corrected chi connectivity index (χ3v) is 7.03. The Balaban J connectivity index is 1.71. The number of rotatable bonds is 2. The van der Waals surface area contributed by atoms with Crippen molar-refractivity contribution in [2.24, 2.45) is 0 Å². The van der Waals surface area contributed by atoms with E-state index in [0.717, 1.165) is 10.6 Å². The highest BCUT2D eigenvalue weighted by Gasteiger charge is 2.41. The Bertz CT molecular complexity index is 1230. The molecule has 3 aromatic rings. The number of halogens is 2. The molecule has 1 aliphatic carbocycles. The van der Waals surface area contributed by atoms with Gasteiger partial charge in [-0.3, -0.25) is 19.8 Å². The van der Waals surface area contributed by atoms with Crippen molar-refractivity contribution in [3.05, 3.63) is 77.3 Å². The molecule has 29 heavy (non-hydrogen) atoms. The van der Waals surface area contributed by atoms with Crippen LogP contribution in [0.2, 0.25) is 10.0 Å². The van der Waals surface area contributed by atoms with Gasteiger partial charge in [0.15, 0.2) is 5.78 Å². The van der Waals surface area contributed by atoms with E-state index in [1.54, 1.807) is 17.4 Å². The van der Waals surface area contributed by atoms with Crippen molar-refractivity contribution >= 4 is 46.1 Å². The second-order valence-electron chi connectivity index (χ2n) is 7.19. The van der Waals surface area contributed by atoms with E-state index >= 15 is 0 Å². The van der Waals surface area contributed by atoms with Crippen LogP contribution in [-0.4, -0.2) is 21.1 Å². The molecule has 0 saturated heterocycles. The number of hydrogen-bond acceptors (Lipinski definition) is 5. The Hall–Kier alpha value is -2.48. The zero-order valence-electron chi connectivity index (χ0n) is 14.9. The summed E-state index contributed by atoms with van der Waals surface area (Å²) >= 11 is 13.9. The summed E-state index contributed by atoms with van der Waals surface area (Å²) in [5.74, 6) is -0.463. The Morgan fingerprint density at radius 1 is 1.14 bits per heavy atom. The largest absolute Gasteiger partial charge is 0.506 e. The van der Waals surface area contributed by atoms with Crippen LogP contribution in [0.25, 0.3) is 0 Å². The normalized spacial score (nSPS) is 21.0. The van der Waals surface area contributed by atoms with Crippen LogP contribution in [-0.2, 0) is 4.79 Å². The number of aromatic amines is 2. The van der Waals surface area contributed by atoms with Gasteiger partial charge in [-0.1, -0.05) is 29.3 Å². The first kappa shape index (κ1) is 18.5. The van der Waals surface area contributed by atoms with Crippen molar-refractivity contribution in [1.29, 1.82) is 0 Å². The zero-order chi connectivity index (χ0) is 20.3. The lowest BCUT2D eigenvalue weighted by Crippen LogP contribution is -2.31. The average molecular weight is 448 g/mol. The number of aromatic hydroxyl groups is 1. The Morgan fingerprint density at radius 3 is 2.72 bits per heavy atom. The lowest BCUT2D eigenvalue weighted by molar-refractivity contribution is -0.116. The van der Waals surface area contributed by atoms with Crippen LogP contribution in [0.15, 0.2) is 45.7 Å². The fourth-order valence-corrected chi connectivity index (χ4v) is 5.60. The number of phenolic OH excluding ortho intramolecular Hbond substituents is 1. The smallest absolute Gasteiger partial charge is 0.270 e. The number of phenols is 1. The van der Waals surface area contributed by atoms with Crippen molar-refractivity contribution in [2.45, 2.75) is 24.7 Å². The molecule has 0 radical (unpaired) electrons. The molecular weight excluding hydrogens is 433 g/mol. The molecule has 1 aliphatic heterocycles. The van der Waals surface area contributed by atoms with Crippen LogP contribution in [0.5, 0.6) is 5.75 Å². The Kier molecular flexibility index (Phi) is 4.34. The number of benzene rings is 1. The van der Waals surface area contributed by atoms with E-state index < -0.39 is 5.92 Å². The topological polar surface area (TPSA) is 98.0 Å². The predicted molar refractivity (Wildman–Crippen MR) is 113 cm³/mol. The summed E-state index contributed by atoms with van der Waals surface area (Å²) in [5.41, 5.74) is 1.52. The summed E-state index contributed by atoms with van der Waals surface area (Å²) in [6.07, 6.45) is 0.962. The molecule has 0 unspecified atom stereocenters. The van der Waals surface area contributed by atoms with Crippen LogP contribution < -0.4 is 10.9 Å². The minimum Gasteiger partial charge on any atom is -0.506 e. The zero-order valence-corrected chi connectivity index (χ0v) is 17.2. The lowest BCUT2D eigenvalue weighted by atomic mass is 9.73. The molecule has 5 rings (SSSR count). The third-order valence-electron chi connectivity index (χ3n) is 5.49. The Labute approximate surface area is 179 Å². The van der Waals surface area contributed by atoms with Gasteiger partial charge in [0.05, 0.1) is 16.5 Å². The monoisotopic (exact) mass is 447 g/mol. The van der Waals surface area contributed by atoms with Gasteiger partial charge in [0, 0.05) is 39.1 Å². The minimum atomic E-state index is -0.760. The van der Waals surface area contributed by atoms with Gasteiger partial charge in [0.2, 0.25) is 0 Å². The van der Waals surface area contributed by atoms with Crippen LogP contribution in [0.3, 0.4) is 0 Å². The van der Waals surface area contributed by atoms with Gasteiger partial charge in [0.25, 0.3) is 5.56 Å². The second kappa shape index (κ2) is 6.79. The quantitative estimate of drug-likeness (QED) is 0.456. The van der Waals surface area contributed by atoms with Crippen LogP contribution in [0, 0.1) is 0 Å². The average Bonchev–Trinajstić information content (AvgIpc) is 3.33. The van der Waals surface area contributed by atoms with Gasteiger partial charge in [-0.2, -0.15) is 0 Å². The molecule has 1 aromatic carbocycles. The van der Waals surface area contributed by atoms with Crippen LogP contribution in [0.4, 0.5) is 5.82 Å². The second-order valence-corrected chi connectivity index (χ2v) is 9.01. The fourth-order valence-electron chi connectivity index (χ4n) is 4.26. The van der Waals surface area contributed by atoms with Crippen LogP contribution >= 0.6 is 34.5 Å². The minimum absolute atomic E-state index is 0.0658. The first-order valence-electron chi connectivity index (χ1n) is 8.99. The summed E-state index contributed by atoms with van der Waals surface area (Å²) in [7, 11) is 0. The maximum atomic E-state index is 13.3. The molecule has 2 atom stereocenters. The molecule has 2 aliphatic rings. The van der Waals surface area contributed by atoms with Gasteiger partial charge in [-0.25, -0.2) is 0 Å². The summed E-state index contributed by atoms with van der Waals surface area (Å²) in [6.45, 7) is 0. The number of allylic oxidation sites excluding steroid dienone is 2. The third kappa shape index (κ3) is 2.92. The van der Waals surface area contributed by atoms with E-state index in [4.69, 9.17) is 23.2 Å². The number of aromatic nitrogens is 2. The highest BCUT2D eigenvalue weighted by Crippen LogP contribution is 2.50. The number of Topliss-reactive ketones (excluding diaryl/α,β-unsaturated/α-hetero) is 1. The number of ketones is 1. The van der Waals surface area contributed by atoms with Crippen molar-refractivity contribution in [3.63, 3.8) is 0 Å². The fraction of sp³-hybridized carbons (Fsp3) is 0.200. The van der Waals surface area contributed by atoms with E-state index in [1.165, 1.54) is 6.07 Å². The van der Waals surface area contributed by atoms with E-state index in [1.807, 2.05) is 17.5 Å². The van der Waals surface area contributed by atoms with Crippen LogP contribution in [0.1, 0.15) is 40.7 Å². The molecule has 0 saturated carbocycles. The maximum Gasteiger partial charge on any atom is 0.270 e. The van der Waals surface area contributed by atoms with E-state index in [2.05, 4.69) is 15.5 Å². The van der Waals surface area contributed by atoms with Crippen molar-refractivity contribution in [3.8, 4) is 5.75 Å². The molecule has 4 N–H and O–H groups in total. The number of nitrogens with one attached hydrogen (secondary N) is 3. The standard InChI is InChI=1S/C20H15Cl2N3O3S/c21-9-6-10(18(27)11(22)7-9)15-16-12(23-19-17(15)20(28)25-24-19)4-8(5-13(16)26)14-2-1-3-29-14/h1-3,6-8,15,27H,4-5H2,(H3,23,24,25,28)/t8-,15-/m0/s1. The van der Waals surface area contributed by atoms with Gasteiger partial charge >= 0.3 is 0 Å². The van der Waals surface area contributed by atoms with Crippen molar-refractivity contribution in [1.82, 2.24) is 10.2 Å². The molecule has 0 spiro atoms. The number of anilines is 1. The number of H-pyrrole nitrogens is 2. The molecule has 3 heterocycles. The van der Waals surface area contributed by atoms with Crippen molar-refractivity contribution < 1.29 is 9.90 Å². The van der Waals surface area contributed by atoms with Crippen molar-refractivity contribution in [2.75, 3.05) is 5.32 Å². The predicted octanol–water partition coefficient (Wildman–Crippen LogP) is 4.74. The van der Waals surface area contributed by atoms with E-state index in [0.29, 0.717) is 40.4 Å². The first-order chi connectivity index (χ1) is 13.9. The Morgan fingerprint density at radius 2 is 1.97 bits per heavy atom. The molecule has 148 valence electrons. The molecule has 2 aromatic heterocycles. The number of thiophene rings is 1. The molecule has 9 heteroatoms. The van der Waals surface area contributed by atoms with E-state index in [9.17, 15) is 14.7 Å². The SMILES string of the molecule is O=C1C[C@@H](c2cccs2)CC2=C1[C@H](c1cc(Cl)cc(Cl)c1O)c1c([nH][nH]c1=O)N2. The van der Waals surface area contributed by atoms with Gasteiger partial charge < -0.3 is 10.4 Å². The van der Waals surface area contributed by atoms with Gasteiger partial charge in [-0.05, 0) is 30.0 Å². The summed E-state index contributed by atoms with van der Waals surface area (Å²) in [6, 6.07) is 6.98. The summed E-state index contributed by atoms with van der Waals surface area (Å²) in [4.78, 5) is 27.0. The number of carbonyl (C=O) groups excluding carboxylic acids is 1. The number of fused-ring (bicyclic) bond motifs is 1.